The number of aromatic nitrogens is 1. The van der Waals surface area contributed by atoms with Gasteiger partial charge in [0.05, 0.1) is 5.39 Å². The van der Waals surface area contributed by atoms with Crippen molar-refractivity contribution in [2.24, 2.45) is 0 Å². The van der Waals surface area contributed by atoms with Gasteiger partial charge in [0.15, 0.2) is 0 Å². The quantitative estimate of drug-likeness (QED) is 0.860. The first-order valence-corrected chi connectivity index (χ1v) is 8.35. The number of hydrogen-bond donors (Lipinski definition) is 1. The lowest BCUT2D eigenvalue weighted by molar-refractivity contribution is 0.0682. The minimum absolute atomic E-state index is 0.0761. The van der Waals surface area contributed by atoms with Crippen LogP contribution in [0.1, 0.15) is 40.2 Å². The highest BCUT2D eigenvalue weighted by molar-refractivity contribution is 7.19. The Labute approximate surface area is 132 Å². The van der Waals surface area contributed by atoms with Crippen LogP contribution in [0.3, 0.4) is 0 Å². The van der Waals surface area contributed by atoms with Crippen LogP contribution in [0.25, 0.3) is 10.1 Å². The molecule has 2 heterocycles. The highest BCUT2D eigenvalue weighted by atomic mass is 32.1. The zero-order valence-corrected chi connectivity index (χ0v) is 13.4. The molecule has 5 nitrogen and oxygen atoms in total. The van der Waals surface area contributed by atoms with E-state index in [-0.39, 0.29) is 11.3 Å². The largest absolute Gasteiger partial charge is 0.477 e. The van der Waals surface area contributed by atoms with Crippen LogP contribution >= 0.6 is 11.3 Å². The Bertz CT molecular complexity index is 775. The van der Waals surface area contributed by atoms with Crippen molar-refractivity contribution in [3.63, 3.8) is 0 Å². The number of carbonyl (C=O) groups is 1. The van der Waals surface area contributed by atoms with Crippen LogP contribution in [-0.4, -0.2) is 29.4 Å². The fourth-order valence-corrected chi connectivity index (χ4v) is 4.46. The fraction of sp³-hybridized carbons (Fsp3) is 0.500. The molecular formula is C16H19NO4S. The monoisotopic (exact) mass is 321 g/mol. The average Bonchev–Trinajstić information content (AvgIpc) is 2.87. The maximum absolute atomic E-state index is 12.8. The molecule has 0 aliphatic heterocycles. The van der Waals surface area contributed by atoms with E-state index in [2.05, 4.69) is 0 Å². The smallest absolute Gasteiger partial charge is 0.352 e. The molecule has 0 radical (unpaired) electrons. The Morgan fingerprint density at radius 1 is 1.41 bits per heavy atom. The van der Waals surface area contributed by atoms with Gasteiger partial charge < -0.3 is 14.4 Å². The van der Waals surface area contributed by atoms with Crippen molar-refractivity contribution in [2.75, 3.05) is 13.7 Å². The second kappa shape index (κ2) is 6.22. The summed E-state index contributed by atoms with van der Waals surface area (Å²) in [7, 11) is 1.60. The number of methoxy groups -OCH3 is 1. The molecule has 0 fully saturated rings. The maximum atomic E-state index is 12.8. The van der Waals surface area contributed by atoms with Crippen molar-refractivity contribution in [1.29, 1.82) is 0 Å². The van der Waals surface area contributed by atoms with E-state index in [9.17, 15) is 14.7 Å². The molecule has 6 heteroatoms. The molecule has 1 N–H and O–H groups in total. The third-order valence-corrected chi connectivity index (χ3v) is 5.40. The molecule has 0 saturated heterocycles. The molecule has 1 aliphatic rings. The van der Waals surface area contributed by atoms with Crippen molar-refractivity contribution in [2.45, 2.75) is 38.6 Å². The second-order valence-corrected chi connectivity index (χ2v) is 6.72. The Kier molecular flexibility index (Phi) is 4.31. The predicted molar refractivity (Wildman–Crippen MR) is 86.2 cm³/mol. The molecule has 2 aromatic rings. The van der Waals surface area contributed by atoms with Crippen LogP contribution < -0.4 is 5.56 Å². The molecule has 0 aromatic carbocycles. The summed E-state index contributed by atoms with van der Waals surface area (Å²) < 4.78 is 7.22. The Morgan fingerprint density at radius 3 is 2.91 bits per heavy atom. The van der Waals surface area contributed by atoms with Crippen molar-refractivity contribution in [1.82, 2.24) is 4.57 Å². The Balaban J connectivity index is 2.18. The summed E-state index contributed by atoms with van der Waals surface area (Å²) in [5, 5.41) is 10.2. The number of carboxylic acids is 1. The first kappa shape index (κ1) is 15.2. The van der Waals surface area contributed by atoms with Gasteiger partial charge in [0.1, 0.15) is 5.69 Å². The molecule has 22 heavy (non-hydrogen) atoms. The van der Waals surface area contributed by atoms with Gasteiger partial charge in [-0.15, -0.1) is 11.3 Å². The summed E-state index contributed by atoms with van der Waals surface area (Å²) >= 11 is 1.58. The molecule has 2 aromatic heterocycles. The van der Waals surface area contributed by atoms with Gasteiger partial charge in [-0.1, -0.05) is 0 Å². The number of ether oxygens (including phenoxy) is 1. The number of aryl methyl sites for hydroxylation is 2. The van der Waals surface area contributed by atoms with Crippen molar-refractivity contribution in [3.05, 3.63) is 32.6 Å². The first-order valence-electron chi connectivity index (χ1n) is 7.53. The lowest BCUT2D eigenvalue weighted by Gasteiger charge is -2.12. The van der Waals surface area contributed by atoms with Gasteiger partial charge >= 0.3 is 5.97 Å². The standard InChI is InChI=1S/C16H19NO4S/c1-21-8-4-7-17-11(16(19)20)9-13-14(15(17)18)10-5-2-3-6-12(10)22-13/h9H,2-8H2,1H3,(H,19,20). The molecule has 118 valence electrons. The molecule has 0 unspecified atom stereocenters. The number of nitrogens with zero attached hydrogens (tertiary/aromatic N) is 1. The molecule has 0 spiro atoms. The zero-order valence-electron chi connectivity index (χ0n) is 12.6. The van der Waals surface area contributed by atoms with Crippen LogP contribution in [-0.2, 0) is 24.1 Å². The third kappa shape index (κ3) is 2.57. The predicted octanol–water partition coefficient (Wildman–Crippen LogP) is 2.68. The van der Waals surface area contributed by atoms with E-state index in [0.717, 1.165) is 41.3 Å². The summed E-state index contributed by atoms with van der Waals surface area (Å²) in [5.41, 5.74) is 1.06. The summed E-state index contributed by atoms with van der Waals surface area (Å²) in [4.78, 5) is 25.6. The average molecular weight is 321 g/mol. The van der Waals surface area contributed by atoms with Gasteiger partial charge in [-0.05, 0) is 43.7 Å². The number of pyridine rings is 1. The highest BCUT2D eigenvalue weighted by Crippen LogP contribution is 2.35. The summed E-state index contributed by atoms with van der Waals surface area (Å²) in [6.07, 6.45) is 4.79. The van der Waals surface area contributed by atoms with Crippen LogP contribution in [0.4, 0.5) is 0 Å². The number of hydrogen-bond acceptors (Lipinski definition) is 4. The number of carboxylic acid groups (broad SMARTS) is 1. The van der Waals surface area contributed by atoms with E-state index in [1.165, 1.54) is 9.44 Å². The molecule has 0 amide bonds. The van der Waals surface area contributed by atoms with Gasteiger partial charge in [-0.2, -0.15) is 0 Å². The number of fused-ring (bicyclic) bond motifs is 3. The second-order valence-electron chi connectivity index (χ2n) is 5.59. The van der Waals surface area contributed by atoms with Gasteiger partial charge in [0, 0.05) is 29.8 Å². The zero-order chi connectivity index (χ0) is 15.7. The fourth-order valence-electron chi connectivity index (χ4n) is 3.14. The minimum Gasteiger partial charge on any atom is -0.477 e. The lowest BCUT2D eigenvalue weighted by Crippen LogP contribution is -2.27. The number of aromatic carboxylic acids is 1. The molecule has 0 atom stereocenters. The van der Waals surface area contributed by atoms with E-state index in [1.54, 1.807) is 24.5 Å². The summed E-state index contributed by atoms with van der Waals surface area (Å²) in [6, 6.07) is 1.66. The molecule has 0 saturated carbocycles. The van der Waals surface area contributed by atoms with Gasteiger partial charge in [-0.3, -0.25) is 4.79 Å². The van der Waals surface area contributed by atoms with Crippen LogP contribution in [0.15, 0.2) is 10.9 Å². The summed E-state index contributed by atoms with van der Waals surface area (Å²) in [5.74, 6) is -1.05. The molecular weight excluding hydrogens is 302 g/mol. The maximum Gasteiger partial charge on any atom is 0.352 e. The third-order valence-electron chi connectivity index (χ3n) is 4.17. The Morgan fingerprint density at radius 2 is 2.18 bits per heavy atom. The van der Waals surface area contributed by atoms with E-state index in [4.69, 9.17) is 4.74 Å². The minimum atomic E-state index is -1.05. The highest BCUT2D eigenvalue weighted by Gasteiger charge is 2.22. The van der Waals surface area contributed by atoms with Gasteiger partial charge in [0.2, 0.25) is 0 Å². The molecule has 0 bridgehead atoms. The summed E-state index contributed by atoms with van der Waals surface area (Å²) in [6.45, 7) is 0.875. The van der Waals surface area contributed by atoms with Crippen molar-refractivity contribution >= 4 is 27.4 Å². The van der Waals surface area contributed by atoms with Crippen LogP contribution in [0.2, 0.25) is 0 Å². The van der Waals surface area contributed by atoms with E-state index >= 15 is 0 Å². The number of thiophene rings is 1. The Hall–Kier alpha value is -1.66. The van der Waals surface area contributed by atoms with Crippen LogP contribution in [0.5, 0.6) is 0 Å². The first-order chi connectivity index (χ1) is 10.6. The van der Waals surface area contributed by atoms with Crippen molar-refractivity contribution < 1.29 is 14.6 Å². The molecule has 1 aliphatic carbocycles. The van der Waals surface area contributed by atoms with Crippen molar-refractivity contribution in [3.8, 4) is 0 Å². The normalized spacial score (nSPS) is 14.2. The number of rotatable bonds is 5. The van der Waals surface area contributed by atoms with E-state index < -0.39 is 5.97 Å². The van der Waals surface area contributed by atoms with E-state index in [0.29, 0.717) is 19.6 Å². The van der Waals surface area contributed by atoms with Crippen LogP contribution in [0, 0.1) is 0 Å². The van der Waals surface area contributed by atoms with E-state index in [1.807, 2.05) is 0 Å². The SMILES string of the molecule is COCCCn1c(C(=O)O)cc2sc3c(c2c1=O)CCCC3. The lowest BCUT2D eigenvalue weighted by atomic mass is 9.96. The molecule has 3 rings (SSSR count). The topological polar surface area (TPSA) is 68.5 Å². The van der Waals surface area contributed by atoms with Gasteiger partial charge in [-0.25, -0.2) is 4.79 Å². The van der Waals surface area contributed by atoms with Gasteiger partial charge in [0.25, 0.3) is 5.56 Å².